The van der Waals surface area contributed by atoms with Crippen LogP contribution in [0, 0.1) is 0 Å². The number of benzene rings is 1. The van der Waals surface area contributed by atoms with E-state index in [1.165, 1.54) is 11.1 Å². The molecule has 1 aromatic carbocycles. The molecule has 1 atom stereocenters. The summed E-state index contributed by atoms with van der Waals surface area (Å²) in [5, 5.41) is 9.09. The van der Waals surface area contributed by atoms with Crippen LogP contribution >= 0.6 is 0 Å². The van der Waals surface area contributed by atoms with Crippen LogP contribution in [0.15, 0.2) is 24.3 Å². The molecule has 0 aromatic heterocycles. The maximum atomic E-state index is 11.0. The molecular formula is C17H27NO2. The third-order valence-corrected chi connectivity index (χ3v) is 3.77. The van der Waals surface area contributed by atoms with Gasteiger partial charge in [-0.2, -0.15) is 0 Å². The van der Waals surface area contributed by atoms with E-state index in [-0.39, 0.29) is 12.5 Å². The maximum absolute atomic E-state index is 11.0. The van der Waals surface area contributed by atoms with Gasteiger partial charge in [0.25, 0.3) is 0 Å². The van der Waals surface area contributed by atoms with Crippen molar-refractivity contribution in [1.82, 2.24) is 4.90 Å². The monoisotopic (exact) mass is 277 g/mol. The molecular weight excluding hydrogens is 250 g/mol. The summed E-state index contributed by atoms with van der Waals surface area (Å²) in [6.07, 6.45) is 3.27. The molecule has 0 saturated carbocycles. The summed E-state index contributed by atoms with van der Waals surface area (Å²) in [7, 11) is 0. The molecule has 0 saturated heterocycles. The average molecular weight is 277 g/mol. The number of carbonyl (C=O) groups is 1. The molecule has 112 valence electrons. The number of hydrogen-bond donors (Lipinski definition) is 1. The van der Waals surface area contributed by atoms with Crippen LogP contribution in [0.3, 0.4) is 0 Å². The number of carboxylic acid groups (broad SMARTS) is 1. The van der Waals surface area contributed by atoms with Crippen molar-refractivity contribution in [2.24, 2.45) is 0 Å². The Balaban J connectivity index is 2.74. The highest BCUT2D eigenvalue weighted by molar-refractivity contribution is 5.67. The summed E-state index contributed by atoms with van der Waals surface area (Å²) in [5.74, 6) is -0.718. The zero-order valence-electron chi connectivity index (χ0n) is 12.9. The predicted molar refractivity (Wildman–Crippen MR) is 83.1 cm³/mol. The first-order valence-corrected chi connectivity index (χ1v) is 7.64. The van der Waals surface area contributed by atoms with Crippen molar-refractivity contribution in [2.45, 2.75) is 52.5 Å². The number of carboxylic acids is 1. The van der Waals surface area contributed by atoms with Gasteiger partial charge in [-0.1, -0.05) is 51.5 Å². The first-order valence-electron chi connectivity index (χ1n) is 7.64. The minimum atomic E-state index is -0.718. The van der Waals surface area contributed by atoms with Crippen molar-refractivity contribution < 1.29 is 9.90 Å². The fourth-order valence-electron chi connectivity index (χ4n) is 2.67. The normalized spacial score (nSPS) is 12.6. The summed E-state index contributed by atoms with van der Waals surface area (Å²) < 4.78 is 0. The Hall–Kier alpha value is -1.35. The Morgan fingerprint density at radius 2 is 1.65 bits per heavy atom. The van der Waals surface area contributed by atoms with E-state index >= 15 is 0 Å². The fraction of sp³-hybridized carbons (Fsp3) is 0.588. The Morgan fingerprint density at radius 3 is 2.10 bits per heavy atom. The van der Waals surface area contributed by atoms with Crippen molar-refractivity contribution in [3.8, 4) is 0 Å². The number of likely N-dealkylation sites (N-methyl/N-ethyl adjacent to an activating group) is 1. The van der Waals surface area contributed by atoms with Crippen molar-refractivity contribution in [2.75, 3.05) is 13.1 Å². The molecule has 0 amide bonds. The predicted octanol–water partition coefficient (Wildman–Crippen LogP) is 3.37. The first kappa shape index (κ1) is 16.7. The molecule has 0 spiro atoms. The van der Waals surface area contributed by atoms with Crippen molar-refractivity contribution in [3.05, 3.63) is 35.4 Å². The molecule has 20 heavy (non-hydrogen) atoms. The average Bonchev–Trinajstić information content (AvgIpc) is 2.42. The molecule has 0 bridgehead atoms. The van der Waals surface area contributed by atoms with E-state index in [0.717, 1.165) is 32.4 Å². The highest BCUT2D eigenvalue weighted by Crippen LogP contribution is 2.14. The van der Waals surface area contributed by atoms with Gasteiger partial charge < -0.3 is 10.0 Å². The summed E-state index contributed by atoms with van der Waals surface area (Å²) in [6, 6.07) is 8.70. The van der Waals surface area contributed by atoms with Gasteiger partial charge >= 0.3 is 5.97 Å². The third-order valence-electron chi connectivity index (χ3n) is 3.77. The van der Waals surface area contributed by atoms with E-state index in [2.05, 4.69) is 49.9 Å². The van der Waals surface area contributed by atoms with Gasteiger partial charge in [-0.15, -0.1) is 0 Å². The standard InChI is InChI=1S/C17H27NO2/c1-4-7-14-8-10-15(11-9-14)12-16(13-17(19)20)18(5-2)6-3/h8-11,16H,4-7,12-13H2,1-3H3,(H,19,20). The zero-order valence-corrected chi connectivity index (χ0v) is 12.9. The van der Waals surface area contributed by atoms with Gasteiger partial charge in [-0.3, -0.25) is 4.79 Å². The van der Waals surface area contributed by atoms with E-state index in [1.807, 2.05) is 0 Å². The molecule has 0 aliphatic rings. The quantitative estimate of drug-likeness (QED) is 0.752. The number of rotatable bonds is 9. The van der Waals surface area contributed by atoms with Crippen LogP contribution in [-0.4, -0.2) is 35.1 Å². The minimum Gasteiger partial charge on any atom is -0.481 e. The Kier molecular flexibility index (Phi) is 7.31. The van der Waals surface area contributed by atoms with E-state index in [4.69, 9.17) is 5.11 Å². The van der Waals surface area contributed by atoms with Crippen LogP contribution in [-0.2, 0) is 17.6 Å². The van der Waals surface area contributed by atoms with Gasteiger partial charge in [0.2, 0.25) is 0 Å². The zero-order chi connectivity index (χ0) is 15.0. The highest BCUT2D eigenvalue weighted by atomic mass is 16.4. The maximum Gasteiger partial charge on any atom is 0.304 e. The molecule has 0 radical (unpaired) electrons. The van der Waals surface area contributed by atoms with Crippen LogP contribution < -0.4 is 0 Å². The lowest BCUT2D eigenvalue weighted by molar-refractivity contribution is -0.138. The Labute approximate surface area is 122 Å². The molecule has 1 unspecified atom stereocenters. The lowest BCUT2D eigenvalue weighted by atomic mass is 9.99. The van der Waals surface area contributed by atoms with Gasteiger partial charge in [-0.05, 0) is 37.1 Å². The molecule has 3 nitrogen and oxygen atoms in total. The largest absolute Gasteiger partial charge is 0.481 e. The number of hydrogen-bond acceptors (Lipinski definition) is 2. The fourth-order valence-corrected chi connectivity index (χ4v) is 2.67. The second-order valence-corrected chi connectivity index (χ2v) is 5.24. The van der Waals surface area contributed by atoms with Crippen molar-refractivity contribution >= 4 is 5.97 Å². The van der Waals surface area contributed by atoms with Gasteiger partial charge in [-0.25, -0.2) is 0 Å². The van der Waals surface area contributed by atoms with E-state index < -0.39 is 5.97 Å². The molecule has 0 aliphatic carbocycles. The van der Waals surface area contributed by atoms with E-state index in [1.54, 1.807) is 0 Å². The second kappa shape index (κ2) is 8.75. The molecule has 0 fully saturated rings. The molecule has 0 aliphatic heterocycles. The summed E-state index contributed by atoms with van der Waals surface area (Å²) in [4.78, 5) is 13.3. The number of aryl methyl sites for hydroxylation is 1. The summed E-state index contributed by atoms with van der Waals surface area (Å²) in [6.45, 7) is 8.13. The number of nitrogens with zero attached hydrogens (tertiary/aromatic N) is 1. The van der Waals surface area contributed by atoms with Crippen LogP contribution in [0.4, 0.5) is 0 Å². The summed E-state index contributed by atoms with van der Waals surface area (Å²) in [5.41, 5.74) is 2.58. The van der Waals surface area contributed by atoms with Crippen LogP contribution in [0.1, 0.15) is 44.7 Å². The Bertz CT molecular complexity index is 396. The lowest BCUT2D eigenvalue weighted by Gasteiger charge is -2.28. The Morgan fingerprint density at radius 1 is 1.10 bits per heavy atom. The first-order chi connectivity index (χ1) is 9.60. The minimum absolute atomic E-state index is 0.0829. The van der Waals surface area contributed by atoms with E-state index in [0.29, 0.717) is 0 Å². The van der Waals surface area contributed by atoms with Crippen molar-refractivity contribution in [1.29, 1.82) is 0 Å². The second-order valence-electron chi connectivity index (χ2n) is 5.24. The van der Waals surface area contributed by atoms with Crippen LogP contribution in [0.5, 0.6) is 0 Å². The molecule has 1 aromatic rings. The number of aliphatic carboxylic acids is 1. The van der Waals surface area contributed by atoms with Crippen molar-refractivity contribution in [3.63, 3.8) is 0 Å². The van der Waals surface area contributed by atoms with Gasteiger partial charge in [0.05, 0.1) is 6.42 Å². The highest BCUT2D eigenvalue weighted by Gasteiger charge is 2.19. The van der Waals surface area contributed by atoms with Gasteiger partial charge in [0.1, 0.15) is 0 Å². The smallest absolute Gasteiger partial charge is 0.304 e. The summed E-state index contributed by atoms with van der Waals surface area (Å²) >= 11 is 0. The molecule has 1 N–H and O–H groups in total. The molecule has 1 rings (SSSR count). The lowest BCUT2D eigenvalue weighted by Crippen LogP contribution is -2.38. The topological polar surface area (TPSA) is 40.5 Å². The van der Waals surface area contributed by atoms with Gasteiger partial charge in [0.15, 0.2) is 0 Å². The van der Waals surface area contributed by atoms with Gasteiger partial charge in [0, 0.05) is 6.04 Å². The SMILES string of the molecule is CCCc1ccc(CC(CC(=O)O)N(CC)CC)cc1. The molecule has 0 heterocycles. The van der Waals surface area contributed by atoms with E-state index in [9.17, 15) is 4.79 Å². The van der Waals surface area contributed by atoms with Crippen LogP contribution in [0.25, 0.3) is 0 Å². The van der Waals surface area contributed by atoms with Crippen LogP contribution in [0.2, 0.25) is 0 Å². The molecule has 3 heteroatoms. The third kappa shape index (κ3) is 5.33.